The maximum Gasteiger partial charge on any atom is 0.349 e. The van der Waals surface area contributed by atoms with Crippen molar-refractivity contribution >= 4 is 21.8 Å². The summed E-state index contributed by atoms with van der Waals surface area (Å²) in [6, 6.07) is 13.6. The molecule has 0 bridgehead atoms. The second-order valence-corrected chi connectivity index (χ2v) is 7.79. The number of rotatable bonds is 6. The maximum absolute atomic E-state index is 12.6. The third-order valence-corrected chi connectivity index (χ3v) is 5.69. The van der Waals surface area contributed by atoms with Gasteiger partial charge in [-0.1, -0.05) is 35.9 Å². The van der Waals surface area contributed by atoms with Crippen molar-refractivity contribution in [1.29, 1.82) is 0 Å². The van der Waals surface area contributed by atoms with E-state index in [0.717, 1.165) is 9.87 Å². The van der Waals surface area contributed by atoms with E-state index < -0.39 is 16.0 Å². The molecule has 0 amide bonds. The number of fused-ring (bicyclic) bond motifs is 1. The van der Waals surface area contributed by atoms with Gasteiger partial charge in [0.25, 0.3) is 10.0 Å². The molecule has 0 saturated heterocycles. The summed E-state index contributed by atoms with van der Waals surface area (Å²) in [5.74, 6) is 0.0701. The Labute approximate surface area is 158 Å². The summed E-state index contributed by atoms with van der Waals surface area (Å²) >= 11 is 0. The Morgan fingerprint density at radius 2 is 1.85 bits per heavy atom. The van der Waals surface area contributed by atoms with Gasteiger partial charge in [-0.05, 0) is 31.2 Å². The Morgan fingerprint density at radius 1 is 1.15 bits per heavy atom. The van der Waals surface area contributed by atoms with Gasteiger partial charge < -0.3 is 9.47 Å². The first kappa shape index (κ1) is 18.7. The highest BCUT2D eigenvalue weighted by Crippen LogP contribution is 2.32. The Balaban J connectivity index is 1.79. The van der Waals surface area contributed by atoms with Crippen molar-refractivity contribution in [3.8, 4) is 5.75 Å². The van der Waals surface area contributed by atoms with Crippen LogP contribution in [0.4, 0.5) is 0 Å². The van der Waals surface area contributed by atoms with Crippen LogP contribution in [0.25, 0.3) is 5.76 Å². The molecule has 7 heteroatoms. The summed E-state index contributed by atoms with van der Waals surface area (Å²) in [5.41, 5.74) is 1.42. The number of carbonyl (C=O) groups is 1. The van der Waals surface area contributed by atoms with Crippen LogP contribution in [-0.2, 0) is 19.6 Å². The molecular formula is C20H19NO5S. The molecule has 6 nitrogen and oxygen atoms in total. The quantitative estimate of drug-likeness (QED) is 0.564. The van der Waals surface area contributed by atoms with Crippen LogP contribution in [0.15, 0.2) is 72.3 Å². The highest BCUT2D eigenvalue weighted by atomic mass is 32.2. The normalized spacial score (nSPS) is 14.7. The molecule has 0 saturated carbocycles. The summed E-state index contributed by atoms with van der Waals surface area (Å²) in [5, 5.41) is 0. The average Bonchev–Trinajstić information content (AvgIpc) is 2.65. The molecule has 0 spiro atoms. The minimum absolute atomic E-state index is 0.0670. The Kier molecular flexibility index (Phi) is 5.32. The summed E-state index contributed by atoms with van der Waals surface area (Å²) in [6.07, 6.45) is 2.76. The molecule has 140 valence electrons. The lowest BCUT2D eigenvalue weighted by molar-refractivity contribution is -0.139. The number of ether oxygens (including phenoxy) is 2. The van der Waals surface area contributed by atoms with E-state index in [9.17, 15) is 13.2 Å². The van der Waals surface area contributed by atoms with Gasteiger partial charge in [-0.15, -0.1) is 6.58 Å². The first-order valence-electron chi connectivity index (χ1n) is 8.26. The van der Waals surface area contributed by atoms with Crippen LogP contribution in [0.3, 0.4) is 0 Å². The van der Waals surface area contributed by atoms with Crippen LogP contribution in [0.2, 0.25) is 0 Å². The molecule has 0 atom stereocenters. The van der Waals surface area contributed by atoms with Gasteiger partial charge in [0.1, 0.15) is 5.75 Å². The zero-order chi connectivity index (χ0) is 19.4. The SMILES string of the molecule is C=CCN1C=C(OC(=O)COc2ccc(C)cc2)c2ccccc2S1(=O)=O. The van der Waals surface area contributed by atoms with Gasteiger partial charge in [-0.3, -0.25) is 4.31 Å². The molecule has 0 radical (unpaired) electrons. The van der Waals surface area contributed by atoms with Crippen LogP contribution in [0.5, 0.6) is 5.75 Å². The monoisotopic (exact) mass is 385 g/mol. The van der Waals surface area contributed by atoms with Crippen molar-refractivity contribution in [2.45, 2.75) is 11.8 Å². The molecule has 0 aromatic heterocycles. The second-order valence-electron chi connectivity index (χ2n) is 5.93. The van der Waals surface area contributed by atoms with Crippen molar-refractivity contribution < 1.29 is 22.7 Å². The van der Waals surface area contributed by atoms with E-state index in [-0.39, 0.29) is 23.8 Å². The van der Waals surface area contributed by atoms with Crippen LogP contribution in [0, 0.1) is 6.92 Å². The lowest BCUT2D eigenvalue weighted by Crippen LogP contribution is -2.31. The van der Waals surface area contributed by atoms with E-state index in [0.29, 0.717) is 11.3 Å². The van der Waals surface area contributed by atoms with Gasteiger partial charge in [0.2, 0.25) is 0 Å². The zero-order valence-corrected chi connectivity index (χ0v) is 15.6. The topological polar surface area (TPSA) is 72.9 Å². The molecule has 0 fully saturated rings. The summed E-state index contributed by atoms with van der Waals surface area (Å²) in [7, 11) is -3.71. The minimum Gasteiger partial charge on any atom is -0.482 e. The number of hydrogen-bond acceptors (Lipinski definition) is 5. The smallest absolute Gasteiger partial charge is 0.349 e. The number of benzene rings is 2. The standard InChI is InChI=1S/C20H19NO5S/c1-3-12-21-13-18(17-6-4-5-7-19(17)27(21,23)24)26-20(22)14-25-16-10-8-15(2)9-11-16/h3-11,13H,1,12,14H2,2H3. The fourth-order valence-electron chi connectivity index (χ4n) is 2.58. The van der Waals surface area contributed by atoms with Crippen molar-refractivity contribution in [2.75, 3.05) is 13.2 Å². The van der Waals surface area contributed by atoms with Crippen LogP contribution in [-0.4, -0.2) is 31.8 Å². The predicted octanol–water partition coefficient (Wildman–Crippen LogP) is 3.11. The predicted molar refractivity (Wildman–Crippen MR) is 101 cm³/mol. The van der Waals surface area contributed by atoms with Crippen molar-refractivity contribution in [2.24, 2.45) is 0 Å². The molecular weight excluding hydrogens is 366 g/mol. The molecule has 0 N–H and O–H groups in total. The van der Waals surface area contributed by atoms with E-state index in [2.05, 4.69) is 6.58 Å². The van der Waals surface area contributed by atoms with Crippen LogP contribution in [0.1, 0.15) is 11.1 Å². The third kappa shape index (κ3) is 4.03. The second kappa shape index (κ2) is 7.67. The van der Waals surface area contributed by atoms with Gasteiger partial charge in [-0.25, -0.2) is 13.2 Å². The lowest BCUT2D eigenvalue weighted by Gasteiger charge is -2.26. The van der Waals surface area contributed by atoms with E-state index in [1.807, 2.05) is 19.1 Å². The van der Waals surface area contributed by atoms with E-state index in [1.54, 1.807) is 30.3 Å². The molecule has 2 aromatic carbocycles. The number of sulfonamides is 1. The summed E-state index contributed by atoms with van der Waals surface area (Å²) < 4.78 is 37.2. The first-order chi connectivity index (χ1) is 12.9. The molecule has 1 aliphatic rings. The van der Waals surface area contributed by atoms with E-state index >= 15 is 0 Å². The molecule has 3 rings (SSSR count). The van der Waals surface area contributed by atoms with Crippen molar-refractivity contribution in [1.82, 2.24) is 4.31 Å². The highest BCUT2D eigenvalue weighted by Gasteiger charge is 2.32. The molecule has 27 heavy (non-hydrogen) atoms. The van der Waals surface area contributed by atoms with Gasteiger partial charge in [0.15, 0.2) is 12.4 Å². The highest BCUT2D eigenvalue weighted by molar-refractivity contribution is 7.89. The zero-order valence-electron chi connectivity index (χ0n) is 14.8. The Morgan fingerprint density at radius 3 is 2.56 bits per heavy atom. The molecule has 1 aliphatic heterocycles. The number of nitrogens with zero attached hydrogens (tertiary/aromatic N) is 1. The van der Waals surface area contributed by atoms with Crippen LogP contribution < -0.4 is 4.74 Å². The summed E-state index contributed by atoms with van der Waals surface area (Å²) in [4.78, 5) is 12.3. The van der Waals surface area contributed by atoms with Gasteiger partial charge in [0, 0.05) is 5.56 Å². The largest absolute Gasteiger partial charge is 0.482 e. The first-order valence-corrected chi connectivity index (χ1v) is 9.70. The molecule has 2 aromatic rings. The van der Waals surface area contributed by atoms with E-state index in [1.165, 1.54) is 18.3 Å². The van der Waals surface area contributed by atoms with Crippen molar-refractivity contribution in [3.05, 3.63) is 78.5 Å². The molecule has 0 aliphatic carbocycles. The molecule has 0 unspecified atom stereocenters. The van der Waals surface area contributed by atoms with Crippen molar-refractivity contribution in [3.63, 3.8) is 0 Å². The minimum atomic E-state index is -3.71. The number of carbonyl (C=O) groups excluding carboxylic acids is 1. The third-order valence-electron chi connectivity index (χ3n) is 3.91. The van der Waals surface area contributed by atoms with Gasteiger partial charge >= 0.3 is 5.97 Å². The Hall–Kier alpha value is -3.06. The average molecular weight is 385 g/mol. The fourth-order valence-corrected chi connectivity index (χ4v) is 4.07. The molecule has 1 heterocycles. The van der Waals surface area contributed by atoms with Gasteiger partial charge in [0.05, 0.1) is 17.6 Å². The fraction of sp³-hybridized carbons (Fsp3) is 0.150. The summed E-state index contributed by atoms with van der Waals surface area (Å²) in [6.45, 7) is 5.29. The Bertz CT molecular complexity index is 993. The maximum atomic E-state index is 12.6. The van der Waals surface area contributed by atoms with E-state index in [4.69, 9.17) is 9.47 Å². The number of hydrogen-bond donors (Lipinski definition) is 0. The van der Waals surface area contributed by atoms with Crippen LogP contribution >= 0.6 is 0 Å². The van der Waals surface area contributed by atoms with Gasteiger partial charge in [-0.2, -0.15) is 0 Å². The lowest BCUT2D eigenvalue weighted by atomic mass is 10.2. The number of esters is 1. The number of aryl methyl sites for hydroxylation is 1.